The number of carbonyl (C=O) groups is 2. The molecule has 162 valence electrons. The number of amides is 2. The van der Waals surface area contributed by atoms with Crippen LogP contribution in [0.5, 0.6) is 11.5 Å². The Morgan fingerprint density at radius 3 is 2.34 bits per heavy atom. The second-order valence-corrected chi connectivity index (χ2v) is 7.14. The van der Waals surface area contributed by atoms with Crippen molar-refractivity contribution in [2.24, 2.45) is 0 Å². The van der Waals surface area contributed by atoms with E-state index in [-0.39, 0.29) is 27.5 Å². The molecule has 0 atom stereocenters. The standard InChI is InChI=1S/C22H16ClN3O6/c23-17-12-14(26(29)30)6-7-15(17)21(27)25-18-4-2-1-3-16(18)22(28)24-13-5-8-19-20(11-13)32-10-9-31-19/h1-8,11-12H,9-10H2,(H,24,28)(H,25,27). The van der Waals surface area contributed by atoms with Crippen LogP contribution in [0.25, 0.3) is 0 Å². The van der Waals surface area contributed by atoms with Gasteiger partial charge < -0.3 is 20.1 Å². The van der Waals surface area contributed by atoms with Crippen molar-refractivity contribution in [3.8, 4) is 11.5 Å². The van der Waals surface area contributed by atoms with Gasteiger partial charge in [0.15, 0.2) is 11.5 Å². The van der Waals surface area contributed by atoms with Gasteiger partial charge in [-0.15, -0.1) is 0 Å². The number of para-hydroxylation sites is 1. The van der Waals surface area contributed by atoms with Gasteiger partial charge in [0.1, 0.15) is 13.2 Å². The van der Waals surface area contributed by atoms with Crippen molar-refractivity contribution < 1.29 is 24.0 Å². The second-order valence-electron chi connectivity index (χ2n) is 6.73. The number of nitrogens with zero attached hydrogens (tertiary/aromatic N) is 1. The minimum Gasteiger partial charge on any atom is -0.486 e. The molecular weight excluding hydrogens is 438 g/mol. The maximum Gasteiger partial charge on any atom is 0.270 e. The lowest BCUT2D eigenvalue weighted by Gasteiger charge is -2.19. The topological polar surface area (TPSA) is 120 Å². The monoisotopic (exact) mass is 453 g/mol. The molecular formula is C22H16ClN3O6. The van der Waals surface area contributed by atoms with Crippen molar-refractivity contribution in [3.63, 3.8) is 0 Å². The summed E-state index contributed by atoms with van der Waals surface area (Å²) >= 11 is 6.04. The molecule has 2 amide bonds. The Morgan fingerprint density at radius 2 is 1.59 bits per heavy atom. The lowest BCUT2D eigenvalue weighted by atomic mass is 10.1. The molecule has 0 unspecified atom stereocenters. The fourth-order valence-electron chi connectivity index (χ4n) is 3.10. The normalized spacial score (nSPS) is 12.0. The molecule has 0 saturated heterocycles. The predicted octanol–water partition coefficient (Wildman–Crippen LogP) is 4.52. The molecule has 1 aliphatic heterocycles. The van der Waals surface area contributed by atoms with Gasteiger partial charge in [0.05, 0.1) is 26.8 Å². The van der Waals surface area contributed by atoms with Crippen LogP contribution in [-0.4, -0.2) is 30.0 Å². The molecule has 1 heterocycles. The number of nitro groups is 1. The molecule has 9 nitrogen and oxygen atoms in total. The van der Waals surface area contributed by atoms with Gasteiger partial charge in [-0.2, -0.15) is 0 Å². The summed E-state index contributed by atoms with van der Waals surface area (Å²) in [4.78, 5) is 35.8. The molecule has 3 aromatic rings. The Balaban J connectivity index is 1.53. The van der Waals surface area contributed by atoms with Gasteiger partial charge in [-0.1, -0.05) is 23.7 Å². The molecule has 0 bridgehead atoms. The Kier molecular flexibility index (Phi) is 5.91. The van der Waals surface area contributed by atoms with Crippen LogP contribution in [0.2, 0.25) is 5.02 Å². The molecule has 0 aromatic heterocycles. The number of benzene rings is 3. The summed E-state index contributed by atoms with van der Waals surface area (Å²) in [6, 6.07) is 15.0. The van der Waals surface area contributed by atoms with Gasteiger partial charge >= 0.3 is 0 Å². The number of fused-ring (bicyclic) bond motifs is 1. The summed E-state index contributed by atoms with van der Waals surface area (Å²) in [6.07, 6.45) is 0. The third-order valence-electron chi connectivity index (χ3n) is 4.63. The molecule has 0 spiro atoms. The molecule has 10 heteroatoms. The number of nitro benzene ring substituents is 1. The van der Waals surface area contributed by atoms with Gasteiger partial charge in [-0.3, -0.25) is 19.7 Å². The molecule has 0 radical (unpaired) electrons. The SMILES string of the molecule is O=C(Nc1ccccc1C(=O)Nc1ccc2c(c1)OCCO2)c1ccc([N+](=O)[O-])cc1Cl. The number of hydrogen-bond donors (Lipinski definition) is 2. The van der Waals surface area contributed by atoms with E-state index in [4.69, 9.17) is 21.1 Å². The van der Waals surface area contributed by atoms with Crippen molar-refractivity contribution >= 4 is 40.5 Å². The Bertz CT molecular complexity index is 1230. The van der Waals surface area contributed by atoms with Crippen LogP contribution in [0.1, 0.15) is 20.7 Å². The van der Waals surface area contributed by atoms with E-state index in [1.165, 1.54) is 12.1 Å². The first-order valence-corrected chi connectivity index (χ1v) is 9.85. The van der Waals surface area contributed by atoms with Crippen molar-refractivity contribution in [1.29, 1.82) is 0 Å². The Hall–Kier alpha value is -4.11. The van der Waals surface area contributed by atoms with E-state index in [2.05, 4.69) is 10.6 Å². The van der Waals surface area contributed by atoms with E-state index in [1.807, 2.05) is 0 Å². The Labute approximate surface area is 187 Å². The molecule has 0 fully saturated rings. The number of ether oxygens (including phenoxy) is 2. The third-order valence-corrected chi connectivity index (χ3v) is 4.94. The van der Waals surface area contributed by atoms with E-state index in [0.29, 0.717) is 30.4 Å². The van der Waals surface area contributed by atoms with Crippen LogP contribution in [-0.2, 0) is 0 Å². The van der Waals surface area contributed by atoms with E-state index in [0.717, 1.165) is 6.07 Å². The van der Waals surface area contributed by atoms with Crippen LogP contribution in [0.3, 0.4) is 0 Å². The summed E-state index contributed by atoms with van der Waals surface area (Å²) in [5.41, 5.74) is 0.777. The largest absolute Gasteiger partial charge is 0.486 e. The molecule has 3 aromatic carbocycles. The Morgan fingerprint density at radius 1 is 0.875 bits per heavy atom. The first-order chi connectivity index (χ1) is 15.4. The van der Waals surface area contributed by atoms with Gasteiger partial charge in [0.25, 0.3) is 17.5 Å². The highest BCUT2D eigenvalue weighted by Gasteiger charge is 2.19. The summed E-state index contributed by atoms with van der Waals surface area (Å²) < 4.78 is 11.0. The number of nitrogens with one attached hydrogen (secondary N) is 2. The molecule has 0 aliphatic carbocycles. The molecule has 2 N–H and O–H groups in total. The van der Waals surface area contributed by atoms with E-state index in [9.17, 15) is 19.7 Å². The third kappa shape index (κ3) is 4.47. The minimum absolute atomic E-state index is 0.0410. The lowest BCUT2D eigenvalue weighted by Crippen LogP contribution is -2.19. The number of halogens is 1. The average molecular weight is 454 g/mol. The summed E-state index contributed by atoms with van der Waals surface area (Å²) in [7, 11) is 0. The van der Waals surface area contributed by atoms with Crippen molar-refractivity contribution in [1.82, 2.24) is 0 Å². The molecule has 1 aliphatic rings. The van der Waals surface area contributed by atoms with E-state index in [1.54, 1.807) is 42.5 Å². The zero-order valence-corrected chi connectivity index (χ0v) is 17.2. The zero-order valence-electron chi connectivity index (χ0n) is 16.5. The lowest BCUT2D eigenvalue weighted by molar-refractivity contribution is -0.384. The maximum absolute atomic E-state index is 12.9. The van der Waals surface area contributed by atoms with Crippen molar-refractivity contribution in [2.75, 3.05) is 23.8 Å². The minimum atomic E-state index is -0.607. The second kappa shape index (κ2) is 8.94. The van der Waals surface area contributed by atoms with Crippen LogP contribution in [0.4, 0.5) is 17.1 Å². The van der Waals surface area contributed by atoms with Crippen molar-refractivity contribution in [2.45, 2.75) is 0 Å². The average Bonchev–Trinajstić information content (AvgIpc) is 2.79. The summed E-state index contributed by atoms with van der Waals surface area (Å²) in [5.74, 6) is 0.0715. The number of anilines is 2. The molecule has 0 saturated carbocycles. The van der Waals surface area contributed by atoms with E-state index >= 15 is 0 Å². The highest BCUT2D eigenvalue weighted by Crippen LogP contribution is 2.33. The van der Waals surface area contributed by atoms with Gasteiger partial charge in [0, 0.05) is 23.9 Å². The van der Waals surface area contributed by atoms with Crippen LogP contribution in [0.15, 0.2) is 60.7 Å². The van der Waals surface area contributed by atoms with Crippen molar-refractivity contribution in [3.05, 3.63) is 86.9 Å². The van der Waals surface area contributed by atoms with Gasteiger partial charge in [-0.05, 0) is 30.3 Å². The smallest absolute Gasteiger partial charge is 0.270 e. The maximum atomic E-state index is 12.9. The number of carbonyl (C=O) groups excluding carboxylic acids is 2. The summed E-state index contributed by atoms with van der Waals surface area (Å²) in [5, 5.41) is 16.2. The van der Waals surface area contributed by atoms with Gasteiger partial charge in [0.2, 0.25) is 0 Å². The predicted molar refractivity (Wildman–Crippen MR) is 118 cm³/mol. The van der Waals surface area contributed by atoms with Crippen LogP contribution in [0, 0.1) is 10.1 Å². The first-order valence-electron chi connectivity index (χ1n) is 9.48. The fourth-order valence-corrected chi connectivity index (χ4v) is 3.36. The highest BCUT2D eigenvalue weighted by molar-refractivity contribution is 6.34. The number of non-ortho nitro benzene ring substituents is 1. The summed E-state index contributed by atoms with van der Waals surface area (Å²) in [6.45, 7) is 0.884. The quantitative estimate of drug-likeness (QED) is 0.432. The first kappa shape index (κ1) is 21.1. The highest BCUT2D eigenvalue weighted by atomic mass is 35.5. The van der Waals surface area contributed by atoms with Crippen LogP contribution >= 0.6 is 11.6 Å². The number of rotatable bonds is 5. The van der Waals surface area contributed by atoms with E-state index < -0.39 is 16.7 Å². The molecule has 4 rings (SSSR count). The molecule has 32 heavy (non-hydrogen) atoms. The number of hydrogen-bond acceptors (Lipinski definition) is 6. The fraction of sp³-hybridized carbons (Fsp3) is 0.0909. The van der Waals surface area contributed by atoms with Crippen LogP contribution < -0.4 is 20.1 Å². The zero-order chi connectivity index (χ0) is 22.7. The van der Waals surface area contributed by atoms with Gasteiger partial charge in [-0.25, -0.2) is 0 Å².